The number of piperazine rings is 3. The molecule has 2 N–H and O–H groups in total. The lowest BCUT2D eigenvalue weighted by molar-refractivity contribution is -0.939. The predicted molar refractivity (Wildman–Crippen MR) is 184 cm³/mol. The second-order valence-corrected chi connectivity index (χ2v) is 14.6. The van der Waals surface area contributed by atoms with E-state index in [2.05, 4.69) is 15.2 Å². The molecule has 3 aliphatic rings. The Labute approximate surface area is 288 Å². The first-order valence-electron chi connectivity index (χ1n) is 15.6. The van der Waals surface area contributed by atoms with Gasteiger partial charge in [0.15, 0.2) is 5.16 Å². The van der Waals surface area contributed by atoms with E-state index in [-0.39, 0.29) is 33.6 Å². The monoisotopic (exact) mass is 700 g/mol. The van der Waals surface area contributed by atoms with Gasteiger partial charge in [0, 0.05) is 52.5 Å². The molecule has 0 unspecified atom stereocenters. The molecule has 0 radical (unpaired) electrons. The van der Waals surface area contributed by atoms with Crippen LogP contribution in [0.3, 0.4) is 0 Å². The molecular formula is C35H38Cl2F2N5O2S+. The fourth-order valence-corrected chi connectivity index (χ4v) is 7.92. The number of fused-ring (bicyclic) bond motifs is 3. The topological polar surface area (TPSA) is 70.2 Å². The van der Waals surface area contributed by atoms with Crippen molar-refractivity contribution in [1.82, 2.24) is 20.2 Å². The number of methoxy groups -OCH3 is 1. The maximum Gasteiger partial charge on any atom is 0.251 e. The third-order valence-electron chi connectivity index (χ3n) is 9.60. The number of rotatable bonds is 11. The number of thioether (sulfide) groups is 1. The summed E-state index contributed by atoms with van der Waals surface area (Å²) in [7, 11) is 1.56. The molecule has 3 saturated heterocycles. The number of hydrogen-bond acceptors (Lipinski definition) is 5. The van der Waals surface area contributed by atoms with Crippen molar-refractivity contribution in [2.75, 3.05) is 59.5 Å². The van der Waals surface area contributed by atoms with Crippen LogP contribution >= 0.6 is 35.0 Å². The third-order valence-corrected chi connectivity index (χ3v) is 11.1. The van der Waals surface area contributed by atoms with Crippen molar-refractivity contribution in [1.29, 1.82) is 0 Å². The van der Waals surface area contributed by atoms with Crippen LogP contribution in [0.25, 0.3) is 11.3 Å². The quantitative estimate of drug-likeness (QED) is 0.128. The molecule has 47 heavy (non-hydrogen) atoms. The Morgan fingerprint density at radius 3 is 2.40 bits per heavy atom. The van der Waals surface area contributed by atoms with E-state index < -0.39 is 11.2 Å². The number of hydrogen-bond donors (Lipinski definition) is 2. The second-order valence-electron chi connectivity index (χ2n) is 12.8. The van der Waals surface area contributed by atoms with E-state index in [1.807, 2.05) is 26.0 Å². The first-order valence-corrected chi connectivity index (χ1v) is 17.4. The Hall–Kier alpha value is -3.15. The maximum absolute atomic E-state index is 15.4. The molecule has 0 aliphatic carbocycles. The normalized spacial score (nSPS) is 19.2. The summed E-state index contributed by atoms with van der Waals surface area (Å²) in [6.07, 6.45) is 0. The number of amides is 1. The Bertz CT molecular complexity index is 1740. The fourth-order valence-electron chi connectivity index (χ4n) is 6.47. The molecule has 248 valence electrons. The summed E-state index contributed by atoms with van der Waals surface area (Å²) < 4.78 is 35.8. The minimum Gasteiger partial charge on any atom is -0.495 e. The molecule has 1 amide bonds. The highest BCUT2D eigenvalue weighted by molar-refractivity contribution is 7.98. The van der Waals surface area contributed by atoms with Crippen LogP contribution in [0.2, 0.25) is 10.0 Å². The van der Waals surface area contributed by atoms with E-state index in [4.69, 9.17) is 32.9 Å². The van der Waals surface area contributed by atoms with E-state index in [9.17, 15) is 9.18 Å². The van der Waals surface area contributed by atoms with Gasteiger partial charge in [0.1, 0.15) is 17.4 Å². The fraction of sp³-hybridized carbons (Fsp3) is 0.371. The van der Waals surface area contributed by atoms with Crippen LogP contribution in [-0.4, -0.2) is 84.7 Å². The first kappa shape index (κ1) is 33.7. The molecule has 3 fully saturated rings. The average Bonchev–Trinajstić information content (AvgIpc) is 3.50. The Morgan fingerprint density at radius 2 is 1.74 bits per heavy atom. The summed E-state index contributed by atoms with van der Waals surface area (Å²) in [4.78, 5) is 23.7. The van der Waals surface area contributed by atoms with Gasteiger partial charge in [-0.25, -0.2) is 13.8 Å². The van der Waals surface area contributed by atoms with Crippen LogP contribution in [0.15, 0.2) is 59.8 Å². The number of benzene rings is 3. The van der Waals surface area contributed by atoms with Gasteiger partial charge in [-0.05, 0) is 54.1 Å². The molecule has 3 aromatic carbocycles. The molecule has 2 bridgehead atoms. The van der Waals surface area contributed by atoms with Crippen molar-refractivity contribution in [3.8, 4) is 17.0 Å². The van der Waals surface area contributed by atoms with Gasteiger partial charge >= 0.3 is 0 Å². The van der Waals surface area contributed by atoms with Crippen LogP contribution < -0.4 is 10.1 Å². The molecule has 7 nitrogen and oxygen atoms in total. The molecule has 3 aliphatic heterocycles. The molecule has 4 aromatic rings. The number of aromatic amines is 1. The molecule has 0 atom stereocenters. The molecule has 0 saturated carbocycles. The highest BCUT2D eigenvalue weighted by Gasteiger charge is 2.38. The number of halogens is 4. The number of carbonyl (C=O) groups is 1. The molecular weight excluding hydrogens is 663 g/mol. The number of imidazole rings is 1. The molecule has 1 aromatic heterocycles. The minimum atomic E-state index is -0.599. The second kappa shape index (κ2) is 13.8. The number of nitrogens with zero attached hydrogens (tertiary/aromatic N) is 3. The zero-order valence-electron chi connectivity index (χ0n) is 26.6. The van der Waals surface area contributed by atoms with Gasteiger partial charge in [-0.3, -0.25) is 9.69 Å². The van der Waals surface area contributed by atoms with Crippen LogP contribution in [0.5, 0.6) is 5.75 Å². The van der Waals surface area contributed by atoms with E-state index >= 15 is 4.39 Å². The van der Waals surface area contributed by atoms with Crippen LogP contribution in [0.4, 0.5) is 8.78 Å². The summed E-state index contributed by atoms with van der Waals surface area (Å²) in [5.41, 5.74) is 2.95. The van der Waals surface area contributed by atoms with Gasteiger partial charge in [0.05, 0.1) is 56.2 Å². The van der Waals surface area contributed by atoms with Gasteiger partial charge in [-0.15, -0.1) is 0 Å². The molecule has 0 spiro atoms. The van der Waals surface area contributed by atoms with Crippen molar-refractivity contribution < 1.29 is 22.8 Å². The Morgan fingerprint density at radius 1 is 1.04 bits per heavy atom. The van der Waals surface area contributed by atoms with Crippen molar-refractivity contribution in [2.45, 2.75) is 30.2 Å². The SMILES string of the molecule is COc1cc(C(C)(C)c2[nH]c(SCc3c(F)cc(C(=O)NCC[N+]45CCN(CC4)CC5)cc3Cl)nc2-c2ccc(F)cc2)ccc1Cl. The molecule has 4 heterocycles. The highest BCUT2D eigenvalue weighted by atomic mass is 35.5. The number of H-pyrrole nitrogens is 1. The summed E-state index contributed by atoms with van der Waals surface area (Å²) >= 11 is 14.2. The molecule has 12 heteroatoms. The first-order chi connectivity index (χ1) is 22.5. The van der Waals surface area contributed by atoms with Crippen molar-refractivity contribution in [3.63, 3.8) is 0 Å². The maximum atomic E-state index is 15.4. The van der Waals surface area contributed by atoms with Crippen LogP contribution in [0.1, 0.15) is 41.0 Å². The van der Waals surface area contributed by atoms with Gasteiger partial charge in [0.2, 0.25) is 0 Å². The number of carbonyl (C=O) groups excluding carboxylic acids is 1. The Kier molecular flexibility index (Phi) is 9.88. The predicted octanol–water partition coefficient (Wildman–Crippen LogP) is 7.16. The number of aromatic nitrogens is 2. The average molecular weight is 702 g/mol. The van der Waals surface area contributed by atoms with Crippen molar-refractivity contribution >= 4 is 40.9 Å². The smallest absolute Gasteiger partial charge is 0.251 e. The van der Waals surface area contributed by atoms with Crippen molar-refractivity contribution in [3.05, 3.63) is 98.7 Å². The summed E-state index contributed by atoms with van der Waals surface area (Å²) in [6, 6.07) is 14.5. The van der Waals surface area contributed by atoms with Gasteiger partial charge in [-0.1, -0.05) is 54.9 Å². The third kappa shape index (κ3) is 7.17. The lowest BCUT2D eigenvalue weighted by Gasteiger charge is -2.50. The van der Waals surface area contributed by atoms with E-state index in [1.54, 1.807) is 25.3 Å². The number of quaternary nitrogens is 1. The zero-order valence-corrected chi connectivity index (χ0v) is 29.0. The van der Waals surface area contributed by atoms with E-state index in [1.165, 1.54) is 36.0 Å². The highest BCUT2D eigenvalue weighted by Crippen LogP contribution is 2.41. The number of ether oxygens (including phenoxy) is 1. The van der Waals surface area contributed by atoms with Gasteiger partial charge in [0.25, 0.3) is 5.91 Å². The lowest BCUT2D eigenvalue weighted by atomic mass is 9.79. The Balaban J connectivity index is 1.19. The summed E-state index contributed by atoms with van der Waals surface area (Å²) in [5.74, 6) is -0.514. The van der Waals surface area contributed by atoms with Crippen LogP contribution in [-0.2, 0) is 11.2 Å². The van der Waals surface area contributed by atoms with E-state index in [0.717, 1.165) is 67.1 Å². The lowest BCUT2D eigenvalue weighted by Crippen LogP contribution is -2.68. The molecule has 7 rings (SSSR count). The summed E-state index contributed by atoms with van der Waals surface area (Å²) in [6.45, 7) is 12.1. The van der Waals surface area contributed by atoms with E-state index in [0.29, 0.717) is 28.2 Å². The zero-order chi connectivity index (χ0) is 33.3. The number of nitrogens with one attached hydrogen (secondary N) is 2. The van der Waals surface area contributed by atoms with Crippen LogP contribution in [0, 0.1) is 11.6 Å². The minimum absolute atomic E-state index is 0.175. The van der Waals surface area contributed by atoms with Gasteiger partial charge in [-0.2, -0.15) is 0 Å². The van der Waals surface area contributed by atoms with Crippen molar-refractivity contribution in [2.24, 2.45) is 0 Å². The van der Waals surface area contributed by atoms with Gasteiger partial charge < -0.3 is 19.5 Å². The summed E-state index contributed by atoms with van der Waals surface area (Å²) in [5, 5.41) is 4.18. The largest absolute Gasteiger partial charge is 0.495 e. The standard InChI is InChI=1S/C35H37Cl2F2N5O2S/c1-35(2,24-6-9-27(36)30(20-24)46-3)32-31(22-4-7-25(38)8-5-22)41-34(42-32)47-21-26-28(37)18-23(19-29(26)39)33(45)40-10-14-44-15-11-43(12-16-44)13-17-44/h4-9,18-20H,10-17,21H2,1-3H3,(H-,40,41,42,45)/p+1.